The predicted molar refractivity (Wildman–Crippen MR) is 245 cm³/mol. The number of esters is 1. The number of carbonyl (C=O) groups is 3. The summed E-state index contributed by atoms with van der Waals surface area (Å²) in [6.45, 7) is 4.27. The van der Waals surface area contributed by atoms with Crippen LogP contribution in [-0.2, 0) is 19.1 Å². The maximum Gasteiger partial charge on any atom is 0.322 e. The van der Waals surface area contributed by atoms with Crippen molar-refractivity contribution in [1.82, 2.24) is 5.32 Å². The minimum Gasteiger partial charge on any atom is -0.480 e. The Bertz CT molecular complexity index is 847. The van der Waals surface area contributed by atoms with Gasteiger partial charge in [0.05, 0.1) is 0 Å². The molecule has 0 aliphatic heterocycles. The van der Waals surface area contributed by atoms with Gasteiger partial charge in [0.25, 0.3) is 0 Å². The second kappa shape index (κ2) is 47.1. The molecule has 0 heterocycles. The summed E-state index contributed by atoms with van der Waals surface area (Å²) in [5.41, 5.74) is 0. The first-order valence-electron chi connectivity index (χ1n) is 25.7. The number of aliphatic carboxylic acids is 1. The fraction of sp³-hybridized carbons (Fsp3) is 0.941. The van der Waals surface area contributed by atoms with Gasteiger partial charge in [0, 0.05) is 12.8 Å². The van der Waals surface area contributed by atoms with E-state index in [-0.39, 0.29) is 24.5 Å². The molecule has 0 saturated heterocycles. The Kier molecular flexibility index (Phi) is 45.8. The van der Waals surface area contributed by atoms with E-state index in [0.717, 1.165) is 64.2 Å². The van der Waals surface area contributed by atoms with Gasteiger partial charge in [-0.05, 0) is 38.5 Å². The van der Waals surface area contributed by atoms with Crippen LogP contribution in [0.4, 0.5) is 0 Å². The summed E-state index contributed by atoms with van der Waals surface area (Å²) in [4.78, 5) is 35.2. The SMILES string of the molecule is CCCCCCCCCCCCCCCCCCCCCCCCC(=O)OC(CCCCCCCCCCCCCCC)CCCCCCCC(=O)NCC(=O)O. The Morgan fingerprint density at radius 1 is 0.386 bits per heavy atom. The largest absolute Gasteiger partial charge is 0.480 e. The molecule has 0 saturated carbocycles. The van der Waals surface area contributed by atoms with Crippen LogP contribution in [0.1, 0.15) is 296 Å². The topological polar surface area (TPSA) is 92.7 Å². The lowest BCUT2D eigenvalue weighted by Gasteiger charge is -2.18. The molecule has 6 nitrogen and oxygen atoms in total. The van der Waals surface area contributed by atoms with E-state index >= 15 is 0 Å². The molecule has 57 heavy (non-hydrogen) atoms. The first-order valence-corrected chi connectivity index (χ1v) is 25.7. The molecule has 0 aromatic rings. The highest BCUT2D eigenvalue weighted by molar-refractivity contribution is 5.80. The monoisotopic (exact) mass is 806 g/mol. The number of carboxylic acid groups (broad SMARTS) is 1. The lowest BCUT2D eigenvalue weighted by molar-refractivity contribution is -0.150. The van der Waals surface area contributed by atoms with Crippen LogP contribution in [0.3, 0.4) is 0 Å². The number of rotatable bonds is 48. The number of carbonyl (C=O) groups excluding carboxylic acids is 2. The number of hydrogen-bond donors (Lipinski definition) is 2. The van der Waals surface area contributed by atoms with E-state index in [0.29, 0.717) is 12.8 Å². The van der Waals surface area contributed by atoms with E-state index in [1.165, 1.54) is 205 Å². The standard InChI is InChI=1S/C51H99NO5/c1-3-5-7-9-11-13-15-17-18-19-20-21-22-23-24-25-27-29-31-33-38-42-46-51(56)57-48(44-40-36-34-37-41-45-49(53)52-47-50(54)55)43-39-35-32-30-28-26-16-14-12-10-8-6-4-2/h48H,3-47H2,1-2H3,(H,52,53)(H,54,55). The minimum atomic E-state index is -1.01. The molecular formula is C51H99NO5. The summed E-state index contributed by atoms with van der Waals surface area (Å²) >= 11 is 0. The van der Waals surface area contributed by atoms with Crippen molar-refractivity contribution in [3.63, 3.8) is 0 Å². The molecule has 1 atom stereocenters. The summed E-state index contributed by atoms with van der Waals surface area (Å²) in [5, 5.41) is 11.1. The molecule has 0 spiro atoms. The molecule has 0 aliphatic carbocycles. The first kappa shape index (κ1) is 55.4. The van der Waals surface area contributed by atoms with Crippen molar-refractivity contribution in [3.05, 3.63) is 0 Å². The van der Waals surface area contributed by atoms with Crippen molar-refractivity contribution in [3.8, 4) is 0 Å². The lowest BCUT2D eigenvalue weighted by Crippen LogP contribution is -2.28. The molecule has 6 heteroatoms. The van der Waals surface area contributed by atoms with Crippen LogP contribution in [0, 0.1) is 0 Å². The van der Waals surface area contributed by atoms with Gasteiger partial charge in [0.2, 0.25) is 5.91 Å². The van der Waals surface area contributed by atoms with Crippen molar-refractivity contribution < 1.29 is 24.2 Å². The van der Waals surface area contributed by atoms with E-state index in [4.69, 9.17) is 9.84 Å². The Morgan fingerprint density at radius 2 is 0.649 bits per heavy atom. The van der Waals surface area contributed by atoms with Crippen molar-refractivity contribution in [2.24, 2.45) is 0 Å². The van der Waals surface area contributed by atoms with E-state index in [1.807, 2.05) is 0 Å². The summed E-state index contributed by atoms with van der Waals surface area (Å²) in [7, 11) is 0. The highest BCUT2D eigenvalue weighted by atomic mass is 16.5. The third-order valence-electron chi connectivity index (χ3n) is 12.0. The van der Waals surface area contributed by atoms with E-state index in [9.17, 15) is 14.4 Å². The Balaban J connectivity index is 3.98. The van der Waals surface area contributed by atoms with Gasteiger partial charge in [-0.3, -0.25) is 14.4 Å². The number of hydrogen-bond acceptors (Lipinski definition) is 4. The van der Waals surface area contributed by atoms with E-state index in [1.54, 1.807) is 0 Å². The molecule has 0 bridgehead atoms. The predicted octanol–water partition coefficient (Wildman–Crippen LogP) is 16.3. The van der Waals surface area contributed by atoms with Crippen LogP contribution in [0.25, 0.3) is 0 Å². The van der Waals surface area contributed by atoms with Gasteiger partial charge in [-0.15, -0.1) is 0 Å². The van der Waals surface area contributed by atoms with E-state index in [2.05, 4.69) is 19.2 Å². The summed E-state index contributed by atoms with van der Waals surface area (Å²) in [5.74, 6) is -1.20. The molecule has 0 aromatic carbocycles. The quantitative estimate of drug-likeness (QED) is 0.0472. The molecular weight excluding hydrogens is 707 g/mol. The molecule has 0 radical (unpaired) electrons. The molecule has 0 aliphatic rings. The molecule has 2 N–H and O–H groups in total. The average molecular weight is 806 g/mol. The smallest absolute Gasteiger partial charge is 0.322 e. The van der Waals surface area contributed by atoms with Crippen LogP contribution in [0.2, 0.25) is 0 Å². The maximum atomic E-state index is 12.8. The van der Waals surface area contributed by atoms with Gasteiger partial charge in [-0.1, -0.05) is 245 Å². The number of unbranched alkanes of at least 4 members (excludes halogenated alkanes) is 37. The molecule has 0 fully saturated rings. The number of carboxylic acids is 1. The molecule has 0 aromatic heterocycles. The zero-order chi connectivity index (χ0) is 41.5. The van der Waals surface area contributed by atoms with Crippen molar-refractivity contribution in [1.29, 1.82) is 0 Å². The fourth-order valence-electron chi connectivity index (χ4n) is 8.23. The third kappa shape index (κ3) is 47.0. The van der Waals surface area contributed by atoms with Gasteiger partial charge in [-0.2, -0.15) is 0 Å². The third-order valence-corrected chi connectivity index (χ3v) is 12.0. The lowest BCUT2D eigenvalue weighted by atomic mass is 10.0. The molecule has 338 valence electrons. The van der Waals surface area contributed by atoms with Crippen LogP contribution in [0.15, 0.2) is 0 Å². The number of amides is 1. The van der Waals surface area contributed by atoms with Gasteiger partial charge < -0.3 is 15.2 Å². The zero-order valence-corrected chi connectivity index (χ0v) is 38.5. The van der Waals surface area contributed by atoms with Crippen LogP contribution in [0.5, 0.6) is 0 Å². The Hall–Kier alpha value is -1.59. The van der Waals surface area contributed by atoms with Crippen LogP contribution in [-0.4, -0.2) is 35.6 Å². The normalized spacial score (nSPS) is 11.9. The van der Waals surface area contributed by atoms with Gasteiger partial charge in [0.15, 0.2) is 0 Å². The summed E-state index contributed by atoms with van der Waals surface area (Å²) < 4.78 is 6.07. The molecule has 1 amide bonds. The first-order chi connectivity index (χ1) is 28.0. The minimum absolute atomic E-state index is 0.00441. The molecule has 0 rings (SSSR count). The van der Waals surface area contributed by atoms with Gasteiger partial charge in [0.1, 0.15) is 12.6 Å². The summed E-state index contributed by atoms with van der Waals surface area (Å²) in [6, 6.07) is 0. The average Bonchev–Trinajstić information content (AvgIpc) is 3.20. The fourth-order valence-corrected chi connectivity index (χ4v) is 8.23. The highest BCUT2D eigenvalue weighted by Crippen LogP contribution is 2.20. The van der Waals surface area contributed by atoms with Crippen molar-refractivity contribution >= 4 is 17.8 Å². The second-order valence-corrected chi connectivity index (χ2v) is 17.8. The van der Waals surface area contributed by atoms with Crippen LogP contribution < -0.4 is 5.32 Å². The molecule has 1 unspecified atom stereocenters. The van der Waals surface area contributed by atoms with Crippen molar-refractivity contribution in [2.45, 2.75) is 302 Å². The Labute approximate surface area is 355 Å². The maximum absolute atomic E-state index is 12.8. The van der Waals surface area contributed by atoms with Gasteiger partial charge in [-0.25, -0.2) is 0 Å². The number of ether oxygens (including phenoxy) is 1. The summed E-state index contributed by atoms with van der Waals surface area (Å²) in [6.07, 6.45) is 55.4. The second-order valence-electron chi connectivity index (χ2n) is 17.8. The highest BCUT2D eigenvalue weighted by Gasteiger charge is 2.14. The van der Waals surface area contributed by atoms with Gasteiger partial charge >= 0.3 is 11.9 Å². The number of nitrogens with one attached hydrogen (secondary N) is 1. The Morgan fingerprint density at radius 3 is 0.947 bits per heavy atom. The van der Waals surface area contributed by atoms with E-state index < -0.39 is 5.97 Å². The van der Waals surface area contributed by atoms with Crippen molar-refractivity contribution in [2.75, 3.05) is 6.54 Å². The van der Waals surface area contributed by atoms with Crippen LogP contribution >= 0.6 is 0 Å². The zero-order valence-electron chi connectivity index (χ0n) is 38.5.